The number of ether oxygens (including phenoxy) is 1. The number of hydrogen-bond donors (Lipinski definition) is 0. The Labute approximate surface area is 145 Å². The van der Waals surface area contributed by atoms with Crippen LogP contribution in [0, 0.1) is 0 Å². The maximum absolute atomic E-state index is 6.06. The van der Waals surface area contributed by atoms with E-state index in [1.165, 1.54) is 22.5 Å². The van der Waals surface area contributed by atoms with Crippen molar-refractivity contribution in [2.45, 2.75) is 19.4 Å². The van der Waals surface area contributed by atoms with Crippen LogP contribution in [0.2, 0.25) is 0 Å². The van der Waals surface area contributed by atoms with Crippen molar-refractivity contribution in [3.8, 4) is 0 Å². The van der Waals surface area contributed by atoms with Crippen LogP contribution in [0.25, 0.3) is 6.08 Å². The Morgan fingerprint density at radius 2 is 1.75 bits per heavy atom. The molecule has 24 heavy (non-hydrogen) atoms. The van der Waals surface area contributed by atoms with Crippen LogP contribution < -0.4 is 9.80 Å². The molecule has 0 atom stereocenters. The molecule has 0 bridgehead atoms. The van der Waals surface area contributed by atoms with Gasteiger partial charge in [0.2, 0.25) is 0 Å². The van der Waals surface area contributed by atoms with Gasteiger partial charge in [0.25, 0.3) is 0 Å². The molecule has 0 spiro atoms. The number of hydrogen-bond acceptors (Lipinski definition) is 3. The second kappa shape index (κ2) is 6.70. The van der Waals surface area contributed by atoms with Gasteiger partial charge >= 0.3 is 0 Å². The van der Waals surface area contributed by atoms with Gasteiger partial charge in [0.05, 0.1) is 12.2 Å². The number of fused-ring (bicyclic) bond motifs is 1. The summed E-state index contributed by atoms with van der Waals surface area (Å²) in [5, 5.41) is 0. The summed E-state index contributed by atoms with van der Waals surface area (Å²) in [4.78, 5) is 4.39. The molecular weight excluding hydrogens is 296 g/mol. The molecule has 0 amide bonds. The van der Waals surface area contributed by atoms with Gasteiger partial charge in [-0.25, -0.2) is 0 Å². The SMILES string of the molecule is CN(C)c1ccc(/C=C/N2CCOC(C)(C)c3ccccc32)cc1. The number of nitrogens with zero attached hydrogens (tertiary/aromatic N) is 2. The van der Waals surface area contributed by atoms with Crippen LogP contribution in [-0.2, 0) is 10.3 Å². The maximum Gasteiger partial charge on any atom is 0.0896 e. The van der Waals surface area contributed by atoms with Crippen LogP contribution in [0.5, 0.6) is 0 Å². The third kappa shape index (κ3) is 3.46. The van der Waals surface area contributed by atoms with Gasteiger partial charge in [-0.05, 0) is 43.7 Å². The van der Waals surface area contributed by atoms with E-state index in [-0.39, 0.29) is 5.60 Å². The molecule has 0 fully saturated rings. The lowest BCUT2D eigenvalue weighted by Gasteiger charge is -2.26. The molecule has 0 aliphatic carbocycles. The summed E-state index contributed by atoms with van der Waals surface area (Å²) in [5.74, 6) is 0. The first-order chi connectivity index (χ1) is 11.5. The average molecular weight is 322 g/mol. The fourth-order valence-electron chi connectivity index (χ4n) is 3.05. The molecule has 0 saturated carbocycles. The highest BCUT2D eigenvalue weighted by Gasteiger charge is 2.28. The first-order valence-corrected chi connectivity index (χ1v) is 8.43. The molecular formula is C21H26N2O. The van der Waals surface area contributed by atoms with Crippen molar-refractivity contribution in [1.82, 2.24) is 0 Å². The van der Waals surface area contributed by atoms with E-state index in [9.17, 15) is 0 Å². The second-order valence-corrected chi connectivity index (χ2v) is 6.87. The fourth-order valence-corrected chi connectivity index (χ4v) is 3.05. The van der Waals surface area contributed by atoms with Crippen LogP contribution >= 0.6 is 0 Å². The Bertz CT molecular complexity index is 717. The predicted octanol–water partition coefficient (Wildman–Crippen LogP) is 4.50. The standard InChI is InChI=1S/C21H26N2O/c1-21(2)19-7-5-6-8-20(19)23(15-16-24-21)14-13-17-9-11-18(12-10-17)22(3)4/h5-14H,15-16H2,1-4H3/b14-13+. The Balaban J connectivity index is 1.86. The van der Waals surface area contributed by atoms with Crippen molar-refractivity contribution < 1.29 is 4.74 Å². The van der Waals surface area contributed by atoms with E-state index in [1.807, 2.05) is 0 Å². The molecule has 0 radical (unpaired) electrons. The monoisotopic (exact) mass is 322 g/mol. The van der Waals surface area contributed by atoms with Crippen molar-refractivity contribution in [2.24, 2.45) is 0 Å². The Morgan fingerprint density at radius 3 is 2.46 bits per heavy atom. The first kappa shape index (κ1) is 16.6. The van der Waals surface area contributed by atoms with Crippen molar-refractivity contribution >= 4 is 17.5 Å². The molecule has 1 aliphatic rings. The zero-order valence-electron chi connectivity index (χ0n) is 15.0. The molecule has 1 aliphatic heterocycles. The first-order valence-electron chi connectivity index (χ1n) is 8.43. The Hall–Kier alpha value is -2.26. The lowest BCUT2D eigenvalue weighted by atomic mass is 9.96. The normalized spacial score (nSPS) is 16.8. The molecule has 2 aromatic rings. The van der Waals surface area contributed by atoms with E-state index in [0.717, 1.165) is 6.54 Å². The molecule has 0 N–H and O–H groups in total. The molecule has 3 nitrogen and oxygen atoms in total. The molecule has 3 heteroatoms. The zero-order chi connectivity index (χ0) is 17.2. The molecule has 2 aromatic carbocycles. The third-order valence-electron chi connectivity index (χ3n) is 4.51. The van der Waals surface area contributed by atoms with E-state index in [2.05, 4.69) is 98.5 Å². The van der Waals surface area contributed by atoms with Crippen LogP contribution in [0.4, 0.5) is 11.4 Å². The van der Waals surface area contributed by atoms with Crippen LogP contribution in [0.15, 0.2) is 54.7 Å². The van der Waals surface area contributed by atoms with E-state index < -0.39 is 0 Å². The summed E-state index contributed by atoms with van der Waals surface area (Å²) in [7, 11) is 4.11. The average Bonchev–Trinajstić information content (AvgIpc) is 2.70. The van der Waals surface area contributed by atoms with Crippen molar-refractivity contribution in [2.75, 3.05) is 37.0 Å². The Kier molecular flexibility index (Phi) is 4.63. The zero-order valence-corrected chi connectivity index (χ0v) is 15.0. The molecule has 0 unspecified atom stereocenters. The minimum atomic E-state index is -0.257. The van der Waals surface area contributed by atoms with Gasteiger partial charge in [-0.1, -0.05) is 30.3 Å². The fraction of sp³-hybridized carbons (Fsp3) is 0.333. The minimum absolute atomic E-state index is 0.257. The van der Waals surface area contributed by atoms with Gasteiger partial charge in [0, 0.05) is 43.8 Å². The largest absolute Gasteiger partial charge is 0.378 e. The molecule has 0 saturated heterocycles. The smallest absolute Gasteiger partial charge is 0.0896 e. The van der Waals surface area contributed by atoms with E-state index >= 15 is 0 Å². The number of anilines is 2. The number of benzene rings is 2. The highest BCUT2D eigenvalue weighted by molar-refractivity contribution is 5.63. The summed E-state index contributed by atoms with van der Waals surface area (Å²) in [6.45, 7) is 5.84. The topological polar surface area (TPSA) is 15.7 Å². The summed E-state index contributed by atoms with van der Waals surface area (Å²) in [6.07, 6.45) is 4.32. The van der Waals surface area contributed by atoms with E-state index in [1.54, 1.807) is 0 Å². The lowest BCUT2D eigenvalue weighted by molar-refractivity contribution is -0.0128. The maximum atomic E-state index is 6.06. The van der Waals surface area contributed by atoms with E-state index in [4.69, 9.17) is 4.74 Å². The molecule has 0 aromatic heterocycles. The van der Waals surface area contributed by atoms with Gasteiger partial charge in [-0.3, -0.25) is 0 Å². The highest BCUT2D eigenvalue weighted by Crippen LogP contribution is 2.35. The summed E-state index contributed by atoms with van der Waals surface area (Å²) in [6, 6.07) is 17.1. The summed E-state index contributed by atoms with van der Waals surface area (Å²) >= 11 is 0. The minimum Gasteiger partial charge on any atom is -0.378 e. The van der Waals surface area contributed by atoms with Gasteiger partial charge < -0.3 is 14.5 Å². The van der Waals surface area contributed by atoms with E-state index in [0.29, 0.717) is 6.61 Å². The van der Waals surface area contributed by atoms with Crippen LogP contribution in [-0.4, -0.2) is 27.2 Å². The van der Waals surface area contributed by atoms with Gasteiger partial charge in [-0.15, -0.1) is 0 Å². The van der Waals surface area contributed by atoms with Crippen LogP contribution in [0.3, 0.4) is 0 Å². The number of rotatable bonds is 3. The van der Waals surface area contributed by atoms with Crippen molar-refractivity contribution in [3.63, 3.8) is 0 Å². The quantitative estimate of drug-likeness (QED) is 0.828. The third-order valence-corrected chi connectivity index (χ3v) is 4.51. The Morgan fingerprint density at radius 1 is 1.04 bits per heavy atom. The van der Waals surface area contributed by atoms with Gasteiger partial charge in [-0.2, -0.15) is 0 Å². The summed E-state index contributed by atoms with van der Waals surface area (Å²) < 4.78 is 6.06. The van der Waals surface area contributed by atoms with Crippen LogP contribution in [0.1, 0.15) is 25.0 Å². The number of para-hydroxylation sites is 1. The lowest BCUT2D eigenvalue weighted by Crippen LogP contribution is -2.21. The van der Waals surface area contributed by atoms with Crippen molar-refractivity contribution in [1.29, 1.82) is 0 Å². The predicted molar refractivity (Wildman–Crippen MR) is 103 cm³/mol. The highest BCUT2D eigenvalue weighted by atomic mass is 16.5. The second-order valence-electron chi connectivity index (χ2n) is 6.87. The van der Waals surface area contributed by atoms with Gasteiger partial charge in [0.1, 0.15) is 0 Å². The molecule has 126 valence electrons. The van der Waals surface area contributed by atoms with Crippen molar-refractivity contribution in [3.05, 3.63) is 65.9 Å². The summed E-state index contributed by atoms with van der Waals surface area (Å²) in [5.41, 5.74) is 4.60. The molecule has 3 rings (SSSR count). The molecule has 1 heterocycles. The van der Waals surface area contributed by atoms with Gasteiger partial charge in [0.15, 0.2) is 0 Å².